The normalized spacial score (nSPS) is 17.3. The van der Waals surface area contributed by atoms with Gasteiger partial charge in [-0.25, -0.2) is 4.98 Å². The molecule has 0 bridgehead atoms. The molecule has 1 unspecified atom stereocenters. The molecule has 0 aliphatic carbocycles. The van der Waals surface area contributed by atoms with E-state index in [0.29, 0.717) is 30.2 Å². The second kappa shape index (κ2) is 7.05. The molecule has 2 heterocycles. The Morgan fingerprint density at radius 3 is 3.04 bits per heavy atom. The summed E-state index contributed by atoms with van der Waals surface area (Å²) in [5, 5.41) is 3.52. The molecule has 1 aromatic carbocycles. The van der Waals surface area contributed by atoms with E-state index in [-0.39, 0.29) is 23.6 Å². The predicted octanol–water partition coefficient (Wildman–Crippen LogP) is 2.21. The highest BCUT2D eigenvalue weighted by Gasteiger charge is 2.31. The maximum atomic E-state index is 12.1. The van der Waals surface area contributed by atoms with Gasteiger partial charge in [0.25, 0.3) is 5.91 Å². The van der Waals surface area contributed by atoms with Crippen molar-refractivity contribution in [3.8, 4) is 0 Å². The monoisotopic (exact) mass is 347 g/mol. The Bertz CT molecular complexity index is 759. The van der Waals surface area contributed by atoms with E-state index in [2.05, 4.69) is 10.3 Å². The molecule has 24 heavy (non-hydrogen) atoms. The average Bonchev–Trinajstić information content (AvgIpc) is 3.11. The Hall–Kier alpha value is -2.34. The number of aryl methyl sites for hydroxylation is 1. The van der Waals surface area contributed by atoms with Crippen molar-refractivity contribution in [1.29, 1.82) is 0 Å². The summed E-state index contributed by atoms with van der Waals surface area (Å²) in [4.78, 5) is 29.9. The molecule has 0 radical (unpaired) electrons. The van der Waals surface area contributed by atoms with E-state index in [0.717, 1.165) is 12.0 Å². The highest BCUT2D eigenvalue weighted by atomic mass is 35.5. The molecule has 6 nitrogen and oxygen atoms in total. The summed E-state index contributed by atoms with van der Waals surface area (Å²) in [6, 6.07) is 7.38. The molecule has 1 aliphatic heterocycles. The summed E-state index contributed by atoms with van der Waals surface area (Å²) in [5.74, 6) is -0.101. The molecule has 1 aromatic heterocycles. The molecule has 0 spiro atoms. The maximum absolute atomic E-state index is 12.1. The maximum Gasteiger partial charge on any atom is 0.289 e. The van der Waals surface area contributed by atoms with Crippen LogP contribution in [0.1, 0.15) is 28.2 Å². The Kier molecular flexibility index (Phi) is 4.85. The lowest BCUT2D eigenvalue weighted by Crippen LogP contribution is -2.37. The summed E-state index contributed by atoms with van der Waals surface area (Å²) in [7, 11) is 0. The molecule has 0 saturated carbocycles. The lowest BCUT2D eigenvalue weighted by Gasteiger charge is -2.17. The quantitative estimate of drug-likeness (QED) is 0.899. The summed E-state index contributed by atoms with van der Waals surface area (Å²) >= 11 is 5.97. The highest BCUT2D eigenvalue weighted by Crippen LogP contribution is 2.16. The van der Waals surface area contributed by atoms with Crippen molar-refractivity contribution in [3.05, 3.63) is 52.7 Å². The highest BCUT2D eigenvalue weighted by molar-refractivity contribution is 6.30. The van der Waals surface area contributed by atoms with E-state index in [1.54, 1.807) is 11.8 Å². The van der Waals surface area contributed by atoms with E-state index < -0.39 is 0 Å². The van der Waals surface area contributed by atoms with Crippen molar-refractivity contribution in [2.75, 3.05) is 13.1 Å². The van der Waals surface area contributed by atoms with Gasteiger partial charge in [-0.2, -0.15) is 0 Å². The summed E-state index contributed by atoms with van der Waals surface area (Å²) in [6.45, 7) is 2.81. The number of carbonyl (C=O) groups excluding carboxylic acids is 2. The van der Waals surface area contributed by atoms with E-state index in [1.807, 2.05) is 24.3 Å². The van der Waals surface area contributed by atoms with Gasteiger partial charge in [-0.15, -0.1) is 0 Å². The number of hydrogen-bond donors (Lipinski definition) is 1. The Morgan fingerprint density at radius 2 is 2.33 bits per heavy atom. The number of benzene rings is 1. The van der Waals surface area contributed by atoms with Crippen LogP contribution in [0.2, 0.25) is 5.02 Å². The molecule has 1 fully saturated rings. The van der Waals surface area contributed by atoms with Crippen LogP contribution in [0.25, 0.3) is 0 Å². The molecular formula is C17H18ClN3O3. The minimum Gasteiger partial charge on any atom is -0.438 e. The number of rotatable bonds is 5. The second-order valence-corrected chi connectivity index (χ2v) is 6.30. The number of oxazole rings is 1. The van der Waals surface area contributed by atoms with E-state index in [9.17, 15) is 9.59 Å². The van der Waals surface area contributed by atoms with Crippen LogP contribution in [-0.2, 0) is 11.2 Å². The summed E-state index contributed by atoms with van der Waals surface area (Å²) in [6.07, 6.45) is 2.27. The minimum absolute atomic E-state index is 0.0385. The molecule has 1 saturated heterocycles. The van der Waals surface area contributed by atoms with E-state index >= 15 is 0 Å². The largest absolute Gasteiger partial charge is 0.438 e. The van der Waals surface area contributed by atoms with Crippen LogP contribution in [0.5, 0.6) is 0 Å². The first-order valence-electron chi connectivity index (χ1n) is 7.76. The number of nitrogens with zero attached hydrogens (tertiary/aromatic N) is 2. The Balaban J connectivity index is 1.54. The third-order valence-corrected chi connectivity index (χ3v) is 4.30. The fourth-order valence-electron chi connectivity index (χ4n) is 2.81. The zero-order chi connectivity index (χ0) is 17.1. The van der Waals surface area contributed by atoms with Crippen molar-refractivity contribution in [1.82, 2.24) is 15.2 Å². The van der Waals surface area contributed by atoms with Gasteiger partial charge in [0, 0.05) is 24.5 Å². The van der Waals surface area contributed by atoms with Gasteiger partial charge in [0.2, 0.25) is 11.7 Å². The number of aromatic nitrogens is 1. The van der Waals surface area contributed by atoms with Gasteiger partial charge in [-0.05, 0) is 31.0 Å². The smallest absolute Gasteiger partial charge is 0.289 e. The molecular weight excluding hydrogens is 330 g/mol. The number of likely N-dealkylation sites (tertiary alicyclic amines) is 1. The number of hydrogen-bond acceptors (Lipinski definition) is 4. The summed E-state index contributed by atoms with van der Waals surface area (Å²) in [5.41, 5.74) is 1.62. The van der Waals surface area contributed by atoms with Gasteiger partial charge in [0.1, 0.15) is 0 Å². The average molecular weight is 348 g/mol. The van der Waals surface area contributed by atoms with Crippen molar-refractivity contribution in [2.45, 2.75) is 25.8 Å². The van der Waals surface area contributed by atoms with Gasteiger partial charge in [0.05, 0.1) is 11.7 Å². The van der Waals surface area contributed by atoms with Crippen molar-refractivity contribution < 1.29 is 14.0 Å². The number of carbonyl (C=O) groups is 2. The lowest BCUT2D eigenvalue weighted by molar-refractivity contribution is -0.127. The van der Waals surface area contributed by atoms with Gasteiger partial charge in [-0.1, -0.05) is 23.7 Å². The van der Waals surface area contributed by atoms with Gasteiger partial charge >= 0.3 is 0 Å². The number of nitrogens with one attached hydrogen (secondary N) is 1. The van der Waals surface area contributed by atoms with Crippen molar-refractivity contribution in [3.63, 3.8) is 0 Å². The molecule has 7 heteroatoms. The second-order valence-electron chi connectivity index (χ2n) is 5.86. The zero-order valence-corrected chi connectivity index (χ0v) is 14.0. The first-order valence-corrected chi connectivity index (χ1v) is 8.14. The van der Waals surface area contributed by atoms with Gasteiger partial charge < -0.3 is 14.6 Å². The van der Waals surface area contributed by atoms with Crippen LogP contribution in [-0.4, -0.2) is 40.8 Å². The minimum atomic E-state index is -0.334. The van der Waals surface area contributed by atoms with Crippen LogP contribution in [0, 0.1) is 6.92 Å². The first-order chi connectivity index (χ1) is 11.5. The van der Waals surface area contributed by atoms with E-state index in [1.165, 1.54) is 6.39 Å². The third kappa shape index (κ3) is 3.76. The summed E-state index contributed by atoms with van der Waals surface area (Å²) < 4.78 is 5.07. The van der Waals surface area contributed by atoms with Crippen LogP contribution >= 0.6 is 11.6 Å². The van der Waals surface area contributed by atoms with Crippen molar-refractivity contribution in [2.24, 2.45) is 0 Å². The first kappa shape index (κ1) is 16.5. The zero-order valence-electron chi connectivity index (χ0n) is 13.3. The topological polar surface area (TPSA) is 75.4 Å². The van der Waals surface area contributed by atoms with Gasteiger partial charge in [-0.3, -0.25) is 9.59 Å². The van der Waals surface area contributed by atoms with Gasteiger partial charge in [0.15, 0.2) is 6.39 Å². The van der Waals surface area contributed by atoms with Crippen LogP contribution < -0.4 is 5.32 Å². The fraction of sp³-hybridized carbons (Fsp3) is 0.353. The van der Waals surface area contributed by atoms with Crippen LogP contribution in [0.15, 0.2) is 35.1 Å². The van der Waals surface area contributed by atoms with Crippen LogP contribution in [0.3, 0.4) is 0 Å². The standard InChI is InChI=1S/C17H18ClN3O3/c1-11-16(24-10-19-11)17(23)20-14-8-15(22)21(9-14)6-5-12-3-2-4-13(18)7-12/h2-4,7,10,14H,5-6,8-9H2,1H3,(H,20,23). The molecule has 3 rings (SSSR count). The Labute approximate surface area is 144 Å². The van der Waals surface area contributed by atoms with Crippen LogP contribution in [0.4, 0.5) is 0 Å². The molecule has 1 atom stereocenters. The molecule has 2 amide bonds. The number of amides is 2. The van der Waals surface area contributed by atoms with Crippen molar-refractivity contribution >= 4 is 23.4 Å². The molecule has 1 N–H and O–H groups in total. The lowest BCUT2D eigenvalue weighted by atomic mass is 10.1. The number of halogens is 1. The third-order valence-electron chi connectivity index (χ3n) is 4.06. The molecule has 126 valence electrons. The fourth-order valence-corrected chi connectivity index (χ4v) is 3.03. The molecule has 1 aliphatic rings. The molecule has 2 aromatic rings. The Morgan fingerprint density at radius 1 is 1.50 bits per heavy atom. The van der Waals surface area contributed by atoms with E-state index in [4.69, 9.17) is 16.0 Å². The SMILES string of the molecule is Cc1ncoc1C(=O)NC1CC(=O)N(CCc2cccc(Cl)c2)C1. The predicted molar refractivity (Wildman–Crippen MR) is 88.8 cm³/mol.